The van der Waals surface area contributed by atoms with Crippen LogP contribution in [0.5, 0.6) is 0 Å². The number of nitrogens with one attached hydrogen (secondary N) is 2. The molecule has 1 saturated heterocycles. The molecule has 1 aliphatic rings. The number of amides is 2. The lowest BCUT2D eigenvalue weighted by molar-refractivity contribution is -0.114. The first-order valence-electron chi connectivity index (χ1n) is 8.38. The van der Waals surface area contributed by atoms with Gasteiger partial charge in [0.15, 0.2) is 0 Å². The first-order chi connectivity index (χ1) is 12.1. The van der Waals surface area contributed by atoms with E-state index in [0.29, 0.717) is 17.1 Å². The average molecular weight is 339 g/mol. The lowest BCUT2D eigenvalue weighted by Crippen LogP contribution is -2.30. The molecule has 2 N–H and O–H groups in total. The molecule has 1 aromatic carbocycles. The van der Waals surface area contributed by atoms with E-state index in [-0.39, 0.29) is 11.8 Å². The van der Waals surface area contributed by atoms with Gasteiger partial charge in [-0.3, -0.25) is 9.59 Å². The molecule has 2 amide bonds. The van der Waals surface area contributed by atoms with Crippen molar-refractivity contribution in [3.05, 3.63) is 42.4 Å². The monoisotopic (exact) mass is 339 g/mol. The average Bonchev–Trinajstić information content (AvgIpc) is 2.64. The van der Waals surface area contributed by atoms with Gasteiger partial charge in [-0.2, -0.15) is 0 Å². The Morgan fingerprint density at radius 3 is 2.24 bits per heavy atom. The van der Waals surface area contributed by atoms with Crippen molar-refractivity contribution in [2.24, 2.45) is 0 Å². The van der Waals surface area contributed by atoms with Gasteiger partial charge in [-0.25, -0.2) is 9.97 Å². The largest absolute Gasteiger partial charge is 0.357 e. The number of benzene rings is 1. The molecule has 0 radical (unpaired) electrons. The highest BCUT2D eigenvalue weighted by Gasteiger charge is 2.15. The summed E-state index contributed by atoms with van der Waals surface area (Å²) in [6, 6.07) is 8.66. The van der Waals surface area contributed by atoms with E-state index in [9.17, 15) is 9.59 Å². The van der Waals surface area contributed by atoms with Crippen molar-refractivity contribution < 1.29 is 9.59 Å². The fraction of sp³-hybridized carbons (Fsp3) is 0.333. The summed E-state index contributed by atoms with van der Waals surface area (Å²) in [5, 5.41) is 5.49. The van der Waals surface area contributed by atoms with Crippen molar-refractivity contribution in [2.75, 3.05) is 28.6 Å². The van der Waals surface area contributed by atoms with Crippen LogP contribution in [-0.2, 0) is 4.79 Å². The van der Waals surface area contributed by atoms with Gasteiger partial charge in [0.05, 0.1) is 0 Å². The van der Waals surface area contributed by atoms with Crippen LogP contribution in [0.15, 0.2) is 36.7 Å². The number of aromatic nitrogens is 2. The molecule has 2 aromatic rings. The van der Waals surface area contributed by atoms with E-state index in [0.717, 1.165) is 31.7 Å². The smallest absolute Gasteiger partial charge is 0.274 e. The van der Waals surface area contributed by atoms with Crippen LogP contribution >= 0.6 is 0 Å². The molecule has 0 bridgehead atoms. The molecule has 25 heavy (non-hydrogen) atoms. The van der Waals surface area contributed by atoms with Crippen LogP contribution in [0.1, 0.15) is 36.7 Å². The van der Waals surface area contributed by atoms with E-state index in [1.54, 1.807) is 30.3 Å². The third-order valence-corrected chi connectivity index (χ3v) is 4.03. The van der Waals surface area contributed by atoms with Crippen molar-refractivity contribution >= 4 is 29.0 Å². The molecule has 0 unspecified atom stereocenters. The molecule has 130 valence electrons. The van der Waals surface area contributed by atoms with E-state index in [1.165, 1.54) is 19.7 Å². The molecule has 0 atom stereocenters. The highest BCUT2D eigenvalue weighted by atomic mass is 16.2. The molecule has 7 nitrogen and oxygen atoms in total. The second-order valence-electron chi connectivity index (χ2n) is 6.02. The minimum Gasteiger partial charge on any atom is -0.357 e. The van der Waals surface area contributed by atoms with E-state index < -0.39 is 0 Å². The lowest BCUT2D eigenvalue weighted by Gasteiger charge is -2.27. The number of hydrogen-bond acceptors (Lipinski definition) is 5. The Bertz CT molecular complexity index is 754. The normalized spacial score (nSPS) is 14.0. The van der Waals surface area contributed by atoms with Crippen LogP contribution in [-0.4, -0.2) is 34.9 Å². The van der Waals surface area contributed by atoms with Gasteiger partial charge in [-0.1, -0.05) is 0 Å². The van der Waals surface area contributed by atoms with Gasteiger partial charge >= 0.3 is 0 Å². The molecule has 0 saturated carbocycles. The molecule has 0 spiro atoms. The van der Waals surface area contributed by atoms with Crippen LogP contribution in [0, 0.1) is 0 Å². The highest BCUT2D eigenvalue weighted by Crippen LogP contribution is 2.18. The summed E-state index contributed by atoms with van der Waals surface area (Å²) in [6.07, 6.45) is 4.96. The van der Waals surface area contributed by atoms with Gasteiger partial charge < -0.3 is 15.5 Å². The first kappa shape index (κ1) is 16.9. The SMILES string of the molecule is CC(=O)Nc1ccc(NC(=O)c2cc(N3CCCCC3)ncn2)cc1. The summed E-state index contributed by atoms with van der Waals surface area (Å²) in [7, 11) is 0. The summed E-state index contributed by atoms with van der Waals surface area (Å²) in [6.45, 7) is 3.37. The zero-order chi connectivity index (χ0) is 17.6. The number of rotatable bonds is 4. The van der Waals surface area contributed by atoms with Crippen molar-refractivity contribution in [3.63, 3.8) is 0 Å². The summed E-state index contributed by atoms with van der Waals surface area (Å²) in [5.74, 6) is 0.372. The zero-order valence-electron chi connectivity index (χ0n) is 14.2. The number of nitrogens with zero attached hydrogens (tertiary/aromatic N) is 3. The molecule has 1 aromatic heterocycles. The molecular weight excluding hydrogens is 318 g/mol. The number of hydrogen-bond donors (Lipinski definition) is 2. The summed E-state index contributed by atoms with van der Waals surface area (Å²) in [4.78, 5) is 34.0. The standard InChI is InChI=1S/C18H21N5O2/c1-13(24)21-14-5-7-15(8-6-14)22-18(25)16-11-17(20-12-19-16)23-9-3-2-4-10-23/h5-8,11-12H,2-4,9-10H2,1H3,(H,21,24)(H,22,25). The number of anilines is 3. The van der Waals surface area contributed by atoms with E-state index >= 15 is 0 Å². The van der Waals surface area contributed by atoms with Crippen molar-refractivity contribution in [1.82, 2.24) is 9.97 Å². The lowest BCUT2D eigenvalue weighted by atomic mass is 10.1. The summed E-state index contributed by atoms with van der Waals surface area (Å²) in [5.41, 5.74) is 1.65. The Labute approximate surface area is 146 Å². The molecular formula is C18H21N5O2. The number of piperidine rings is 1. The highest BCUT2D eigenvalue weighted by molar-refractivity contribution is 6.03. The Balaban J connectivity index is 1.67. The fourth-order valence-corrected chi connectivity index (χ4v) is 2.80. The van der Waals surface area contributed by atoms with Crippen LogP contribution in [0.2, 0.25) is 0 Å². The Morgan fingerprint density at radius 2 is 1.60 bits per heavy atom. The van der Waals surface area contributed by atoms with Gasteiger partial charge in [0.2, 0.25) is 5.91 Å². The quantitative estimate of drug-likeness (QED) is 0.894. The maximum Gasteiger partial charge on any atom is 0.274 e. The third-order valence-electron chi connectivity index (χ3n) is 4.03. The maximum absolute atomic E-state index is 12.4. The van der Waals surface area contributed by atoms with Crippen LogP contribution in [0.3, 0.4) is 0 Å². The summed E-state index contributed by atoms with van der Waals surface area (Å²) < 4.78 is 0. The number of carbonyl (C=O) groups excluding carboxylic acids is 2. The summed E-state index contributed by atoms with van der Waals surface area (Å²) >= 11 is 0. The van der Waals surface area contributed by atoms with Crippen LogP contribution < -0.4 is 15.5 Å². The van der Waals surface area contributed by atoms with Crippen molar-refractivity contribution in [1.29, 1.82) is 0 Å². The van der Waals surface area contributed by atoms with Crippen molar-refractivity contribution in [3.8, 4) is 0 Å². The first-order valence-corrected chi connectivity index (χ1v) is 8.38. The molecule has 3 rings (SSSR count). The molecule has 7 heteroatoms. The molecule has 0 aliphatic carbocycles. The minimum absolute atomic E-state index is 0.136. The number of carbonyl (C=O) groups is 2. The minimum atomic E-state index is -0.284. The van der Waals surface area contributed by atoms with Gasteiger partial charge in [-0.15, -0.1) is 0 Å². The van der Waals surface area contributed by atoms with Gasteiger partial charge in [0.25, 0.3) is 5.91 Å². The van der Waals surface area contributed by atoms with Gasteiger partial charge in [0.1, 0.15) is 17.8 Å². The third kappa shape index (κ3) is 4.53. The van der Waals surface area contributed by atoms with E-state index in [4.69, 9.17) is 0 Å². The predicted octanol–water partition coefficient (Wildman–Crippen LogP) is 2.68. The Hall–Kier alpha value is -2.96. The van der Waals surface area contributed by atoms with Gasteiger partial charge in [0, 0.05) is 37.5 Å². The second-order valence-corrected chi connectivity index (χ2v) is 6.02. The molecule has 2 heterocycles. The second kappa shape index (κ2) is 7.74. The van der Waals surface area contributed by atoms with Gasteiger partial charge in [-0.05, 0) is 43.5 Å². The molecule has 1 fully saturated rings. The Kier molecular flexibility index (Phi) is 5.23. The Morgan fingerprint density at radius 1 is 0.960 bits per heavy atom. The topological polar surface area (TPSA) is 87.2 Å². The predicted molar refractivity (Wildman–Crippen MR) is 96.8 cm³/mol. The maximum atomic E-state index is 12.4. The van der Waals surface area contributed by atoms with E-state index in [2.05, 4.69) is 25.5 Å². The molecule has 1 aliphatic heterocycles. The zero-order valence-corrected chi connectivity index (χ0v) is 14.2. The van der Waals surface area contributed by atoms with Crippen molar-refractivity contribution in [2.45, 2.75) is 26.2 Å². The van der Waals surface area contributed by atoms with E-state index in [1.807, 2.05) is 0 Å². The van der Waals surface area contributed by atoms with Crippen LogP contribution in [0.25, 0.3) is 0 Å². The fourth-order valence-electron chi connectivity index (χ4n) is 2.80. The van der Waals surface area contributed by atoms with Crippen LogP contribution in [0.4, 0.5) is 17.2 Å².